The van der Waals surface area contributed by atoms with Crippen molar-refractivity contribution < 1.29 is 13.9 Å². The predicted octanol–water partition coefficient (Wildman–Crippen LogP) is 3.43. The van der Waals surface area contributed by atoms with Crippen molar-refractivity contribution in [1.82, 2.24) is 24.7 Å². The smallest absolute Gasteiger partial charge is 0.260 e. The monoisotopic (exact) mass is 496 g/mol. The molecule has 0 saturated carbocycles. The molecule has 3 aromatic heterocycles. The van der Waals surface area contributed by atoms with Gasteiger partial charge in [-0.25, -0.2) is 14.4 Å². The molecule has 2 aliphatic rings. The maximum absolute atomic E-state index is 14.9. The Kier molecular flexibility index (Phi) is 5.51. The van der Waals surface area contributed by atoms with Crippen LogP contribution in [-0.4, -0.2) is 57.6 Å². The lowest BCUT2D eigenvalue weighted by molar-refractivity contribution is -0.0288. The van der Waals surface area contributed by atoms with Crippen LogP contribution < -0.4 is 10.5 Å². The maximum atomic E-state index is 14.9. The van der Waals surface area contributed by atoms with Crippen LogP contribution in [0.3, 0.4) is 0 Å². The fourth-order valence-electron chi connectivity index (χ4n) is 4.46. The third-order valence-corrected chi connectivity index (χ3v) is 6.59. The van der Waals surface area contributed by atoms with E-state index in [4.69, 9.17) is 26.1 Å². The minimum absolute atomic E-state index is 0.186. The number of aryl methyl sites for hydroxylation is 1. The Morgan fingerprint density at radius 3 is 2.86 bits per heavy atom. The number of benzene rings is 1. The Morgan fingerprint density at radius 2 is 2.09 bits per heavy atom. The Bertz CT molecular complexity index is 1480. The molecule has 0 radical (unpaired) electrons. The summed E-state index contributed by atoms with van der Waals surface area (Å²) in [4.78, 5) is 26.9. The summed E-state index contributed by atoms with van der Waals surface area (Å²) in [6.07, 6.45) is 3.61. The first-order valence-electron chi connectivity index (χ1n) is 11.3. The molecule has 2 aliphatic heterocycles. The van der Waals surface area contributed by atoms with Crippen LogP contribution in [0.25, 0.3) is 22.2 Å². The van der Waals surface area contributed by atoms with E-state index in [9.17, 15) is 9.18 Å². The lowest BCUT2D eigenvalue weighted by Gasteiger charge is -2.33. The Hall–Kier alpha value is -3.34. The molecule has 1 N–H and O–H groups in total. The van der Waals surface area contributed by atoms with Gasteiger partial charge in [-0.2, -0.15) is 5.10 Å². The van der Waals surface area contributed by atoms with Crippen molar-refractivity contribution in [2.75, 3.05) is 37.8 Å². The van der Waals surface area contributed by atoms with E-state index in [1.54, 1.807) is 19.1 Å². The molecule has 1 aromatic carbocycles. The molecule has 0 unspecified atom stereocenters. The second-order valence-electron chi connectivity index (χ2n) is 8.75. The molecule has 4 aromatic rings. The van der Waals surface area contributed by atoms with Gasteiger partial charge in [0.05, 0.1) is 48.7 Å². The summed E-state index contributed by atoms with van der Waals surface area (Å²) < 4.78 is 28.1. The van der Waals surface area contributed by atoms with Crippen molar-refractivity contribution in [3.05, 3.63) is 69.2 Å². The number of nitrogens with zero attached hydrogens (tertiary/aromatic N) is 5. The second-order valence-corrected chi connectivity index (χ2v) is 9.19. The fraction of sp³-hybridized carbons (Fsp3) is 0.333. The van der Waals surface area contributed by atoms with Gasteiger partial charge in [-0.1, -0.05) is 11.6 Å². The number of halogens is 2. The number of pyridine rings is 1. The molecule has 180 valence electrons. The number of fused-ring (bicyclic) bond motifs is 1. The number of rotatable bonds is 4. The molecule has 2 saturated heterocycles. The van der Waals surface area contributed by atoms with Crippen LogP contribution in [-0.2, 0) is 9.47 Å². The molecule has 1 atom stereocenters. The van der Waals surface area contributed by atoms with E-state index < -0.39 is 5.82 Å². The molecule has 0 amide bonds. The zero-order chi connectivity index (χ0) is 24.1. The van der Waals surface area contributed by atoms with E-state index >= 15 is 0 Å². The van der Waals surface area contributed by atoms with Crippen molar-refractivity contribution >= 4 is 28.3 Å². The number of anilines is 1. The molecule has 0 bridgehead atoms. The molecule has 2 fully saturated rings. The van der Waals surface area contributed by atoms with E-state index in [1.807, 2.05) is 17.1 Å². The molecule has 9 nitrogen and oxygen atoms in total. The highest BCUT2D eigenvalue weighted by molar-refractivity contribution is 6.30. The van der Waals surface area contributed by atoms with E-state index in [-0.39, 0.29) is 39.4 Å². The molecule has 35 heavy (non-hydrogen) atoms. The highest BCUT2D eigenvalue weighted by Crippen LogP contribution is 2.33. The van der Waals surface area contributed by atoms with Crippen LogP contribution in [0, 0.1) is 12.7 Å². The van der Waals surface area contributed by atoms with Crippen LogP contribution in [0.4, 0.5) is 10.2 Å². The molecule has 0 spiro atoms. The van der Waals surface area contributed by atoms with Gasteiger partial charge < -0.3 is 19.4 Å². The van der Waals surface area contributed by atoms with E-state index in [0.29, 0.717) is 50.1 Å². The van der Waals surface area contributed by atoms with Gasteiger partial charge in [-0.3, -0.25) is 9.48 Å². The molecule has 6 rings (SSSR count). The van der Waals surface area contributed by atoms with Gasteiger partial charge in [0, 0.05) is 41.5 Å². The summed E-state index contributed by atoms with van der Waals surface area (Å²) in [7, 11) is 0. The number of nitrogens with one attached hydrogen (secondary N) is 1. The van der Waals surface area contributed by atoms with Gasteiger partial charge in [0.2, 0.25) is 0 Å². The van der Waals surface area contributed by atoms with Crippen LogP contribution in [0.2, 0.25) is 5.02 Å². The third-order valence-electron chi connectivity index (χ3n) is 6.36. The van der Waals surface area contributed by atoms with Gasteiger partial charge >= 0.3 is 0 Å². The van der Waals surface area contributed by atoms with Crippen molar-refractivity contribution in [2.45, 2.75) is 19.1 Å². The average Bonchev–Trinajstić information content (AvgIpc) is 3.26. The van der Waals surface area contributed by atoms with Crippen molar-refractivity contribution in [3.63, 3.8) is 0 Å². The molecule has 5 heterocycles. The standard InChI is InChI=1S/C24H22ClFN6O3/c1-13-28-19-7-21(30-23(22(19)24(33)29-13)17-3-2-15(25)6-18(17)26)31-4-5-35-20(10-31)14-8-27-32(9-14)16-11-34-12-16/h2-3,6-9,16,20H,4-5,10-12H2,1H3,(H,28,29,33)/t20-/m1/s1. The summed E-state index contributed by atoms with van der Waals surface area (Å²) in [5.74, 6) is 0.498. The van der Waals surface area contributed by atoms with Crippen molar-refractivity contribution in [1.29, 1.82) is 0 Å². The minimum Gasteiger partial charge on any atom is -0.377 e. The molecular weight excluding hydrogens is 475 g/mol. The first kappa shape index (κ1) is 22.1. The van der Waals surface area contributed by atoms with Gasteiger partial charge in [0.15, 0.2) is 0 Å². The molecular formula is C24H22ClFN6O3. The quantitative estimate of drug-likeness (QED) is 0.462. The first-order valence-corrected chi connectivity index (χ1v) is 11.7. The summed E-state index contributed by atoms with van der Waals surface area (Å²) >= 11 is 5.96. The van der Waals surface area contributed by atoms with Crippen LogP contribution in [0.1, 0.15) is 23.5 Å². The largest absolute Gasteiger partial charge is 0.377 e. The highest BCUT2D eigenvalue weighted by Gasteiger charge is 2.28. The SMILES string of the molecule is Cc1nc2cc(N3CCO[C@@H](c4cnn(C5COC5)c4)C3)nc(-c3ccc(Cl)cc3F)c2c(=O)[nH]1. The Balaban J connectivity index is 1.40. The minimum atomic E-state index is -0.560. The molecule has 11 heteroatoms. The van der Waals surface area contributed by atoms with E-state index in [2.05, 4.69) is 20.0 Å². The number of hydrogen-bond acceptors (Lipinski definition) is 7. The lowest BCUT2D eigenvalue weighted by atomic mass is 10.1. The van der Waals surface area contributed by atoms with Gasteiger partial charge in [-0.15, -0.1) is 0 Å². The average molecular weight is 497 g/mol. The highest BCUT2D eigenvalue weighted by atomic mass is 35.5. The topological polar surface area (TPSA) is 98.2 Å². The van der Waals surface area contributed by atoms with Crippen molar-refractivity contribution in [2.24, 2.45) is 0 Å². The lowest BCUT2D eigenvalue weighted by Crippen LogP contribution is -2.39. The molecule has 0 aliphatic carbocycles. The Morgan fingerprint density at radius 1 is 1.23 bits per heavy atom. The number of aromatic amines is 1. The zero-order valence-corrected chi connectivity index (χ0v) is 19.6. The van der Waals surface area contributed by atoms with Gasteiger partial charge in [0.1, 0.15) is 23.6 Å². The summed E-state index contributed by atoms with van der Waals surface area (Å²) in [6, 6.07) is 6.35. The van der Waals surface area contributed by atoms with Crippen molar-refractivity contribution in [3.8, 4) is 11.3 Å². The van der Waals surface area contributed by atoms with Gasteiger partial charge in [-0.05, 0) is 25.1 Å². The summed E-state index contributed by atoms with van der Waals surface area (Å²) in [5, 5.41) is 4.96. The Labute approximate surface area is 204 Å². The zero-order valence-electron chi connectivity index (χ0n) is 18.9. The van der Waals surface area contributed by atoms with Crippen LogP contribution >= 0.6 is 11.6 Å². The predicted molar refractivity (Wildman–Crippen MR) is 128 cm³/mol. The number of H-pyrrole nitrogens is 1. The normalized spacial score (nSPS) is 18.7. The number of aromatic nitrogens is 5. The number of morpholine rings is 1. The first-order chi connectivity index (χ1) is 17.0. The maximum Gasteiger partial charge on any atom is 0.260 e. The van der Waals surface area contributed by atoms with E-state index in [0.717, 1.165) is 5.56 Å². The summed E-state index contributed by atoms with van der Waals surface area (Å²) in [6.45, 7) is 4.62. The van der Waals surface area contributed by atoms with Crippen LogP contribution in [0.5, 0.6) is 0 Å². The van der Waals surface area contributed by atoms with E-state index in [1.165, 1.54) is 12.1 Å². The van der Waals surface area contributed by atoms with Crippen LogP contribution in [0.15, 0.2) is 41.5 Å². The third kappa shape index (κ3) is 4.07. The fourth-order valence-corrected chi connectivity index (χ4v) is 4.62. The second kappa shape index (κ2) is 8.71. The number of hydrogen-bond donors (Lipinski definition) is 1. The van der Waals surface area contributed by atoms with Gasteiger partial charge in [0.25, 0.3) is 5.56 Å². The summed E-state index contributed by atoms with van der Waals surface area (Å²) in [5.41, 5.74) is 1.45. The number of ether oxygens (including phenoxy) is 2.